The highest BCUT2D eigenvalue weighted by atomic mass is 16.5. The molecule has 0 aliphatic heterocycles. The van der Waals surface area contributed by atoms with Crippen molar-refractivity contribution in [3.63, 3.8) is 0 Å². The van der Waals surface area contributed by atoms with Gasteiger partial charge in [-0.25, -0.2) is 4.68 Å². The number of anilines is 1. The monoisotopic (exact) mass is 498 g/mol. The van der Waals surface area contributed by atoms with E-state index in [1.807, 2.05) is 79.7 Å². The SMILES string of the molecule is CCCCCc1ccc(C(=O)Nc2ccc(-n3nc(OCCOC)nc3-c3ccc(C)cc3)cc2)cc1. The molecule has 0 fully saturated rings. The molecule has 0 aliphatic rings. The number of methoxy groups -OCH3 is 1. The lowest BCUT2D eigenvalue weighted by atomic mass is 10.1. The molecule has 192 valence electrons. The van der Waals surface area contributed by atoms with Crippen LogP contribution in [0.4, 0.5) is 5.69 Å². The lowest BCUT2D eigenvalue weighted by molar-refractivity contribution is 0.102. The Balaban J connectivity index is 1.49. The average molecular weight is 499 g/mol. The van der Waals surface area contributed by atoms with E-state index in [1.165, 1.54) is 24.8 Å². The number of hydrogen-bond donors (Lipinski definition) is 1. The fourth-order valence-corrected chi connectivity index (χ4v) is 3.93. The fraction of sp³-hybridized carbons (Fsp3) is 0.300. The number of nitrogens with zero attached hydrogens (tertiary/aromatic N) is 3. The number of ether oxygens (including phenoxy) is 2. The number of benzene rings is 3. The first-order chi connectivity index (χ1) is 18.1. The summed E-state index contributed by atoms with van der Waals surface area (Å²) in [5, 5.41) is 7.54. The number of nitrogens with one attached hydrogen (secondary N) is 1. The number of amides is 1. The minimum atomic E-state index is -0.136. The van der Waals surface area contributed by atoms with E-state index >= 15 is 0 Å². The summed E-state index contributed by atoms with van der Waals surface area (Å²) in [6.45, 7) is 5.05. The molecule has 4 aromatic rings. The van der Waals surface area contributed by atoms with Crippen molar-refractivity contribution in [2.75, 3.05) is 25.6 Å². The van der Waals surface area contributed by atoms with Crippen molar-refractivity contribution in [1.29, 1.82) is 0 Å². The molecule has 1 amide bonds. The quantitative estimate of drug-likeness (QED) is 0.234. The van der Waals surface area contributed by atoms with Crippen LogP contribution < -0.4 is 10.1 Å². The van der Waals surface area contributed by atoms with Crippen LogP contribution in [0.2, 0.25) is 0 Å². The van der Waals surface area contributed by atoms with Crippen molar-refractivity contribution < 1.29 is 14.3 Å². The maximum atomic E-state index is 12.8. The van der Waals surface area contributed by atoms with Gasteiger partial charge in [-0.15, -0.1) is 5.10 Å². The fourth-order valence-electron chi connectivity index (χ4n) is 3.93. The number of aryl methyl sites for hydroxylation is 2. The molecular formula is C30H34N4O3. The third kappa shape index (κ3) is 7.05. The van der Waals surface area contributed by atoms with Crippen molar-refractivity contribution in [3.8, 4) is 23.1 Å². The summed E-state index contributed by atoms with van der Waals surface area (Å²) >= 11 is 0. The van der Waals surface area contributed by atoms with Gasteiger partial charge in [0.25, 0.3) is 5.91 Å². The predicted octanol–water partition coefficient (Wildman–Crippen LogP) is 6.25. The Labute approximate surface area is 218 Å². The lowest BCUT2D eigenvalue weighted by Gasteiger charge is -2.09. The highest BCUT2D eigenvalue weighted by molar-refractivity contribution is 6.04. The van der Waals surface area contributed by atoms with Crippen LogP contribution in [0.3, 0.4) is 0 Å². The molecule has 1 aromatic heterocycles. The second-order valence-corrected chi connectivity index (χ2v) is 8.99. The molecule has 3 aromatic carbocycles. The van der Waals surface area contributed by atoms with Gasteiger partial charge >= 0.3 is 6.01 Å². The van der Waals surface area contributed by atoms with E-state index < -0.39 is 0 Å². The van der Waals surface area contributed by atoms with Gasteiger partial charge in [-0.1, -0.05) is 61.7 Å². The van der Waals surface area contributed by atoms with E-state index in [0.29, 0.717) is 30.3 Å². The van der Waals surface area contributed by atoms with Crippen molar-refractivity contribution in [3.05, 3.63) is 89.5 Å². The van der Waals surface area contributed by atoms with Crippen molar-refractivity contribution >= 4 is 11.6 Å². The highest BCUT2D eigenvalue weighted by Gasteiger charge is 2.15. The molecule has 0 radical (unpaired) electrons. The van der Waals surface area contributed by atoms with Crippen LogP contribution in [0.5, 0.6) is 6.01 Å². The molecule has 0 saturated heterocycles. The standard InChI is InChI=1S/C30H34N4O3/c1-4-5-6-7-23-10-14-25(15-11-23)29(35)31-26-16-18-27(19-17-26)34-28(24-12-8-22(2)9-13-24)32-30(33-34)37-21-20-36-3/h8-19H,4-7,20-21H2,1-3H3,(H,31,35). The van der Waals surface area contributed by atoms with Crippen LogP contribution in [-0.4, -0.2) is 41.0 Å². The van der Waals surface area contributed by atoms with E-state index in [0.717, 1.165) is 23.2 Å². The summed E-state index contributed by atoms with van der Waals surface area (Å²) in [5.74, 6) is 0.533. The molecular weight excluding hydrogens is 464 g/mol. The Bertz CT molecular complexity index is 1280. The molecule has 0 spiro atoms. The Morgan fingerprint density at radius 1 is 0.919 bits per heavy atom. The van der Waals surface area contributed by atoms with Crippen LogP contribution in [0, 0.1) is 6.92 Å². The molecule has 0 aliphatic carbocycles. The summed E-state index contributed by atoms with van der Waals surface area (Å²) in [5.41, 5.74) is 5.50. The van der Waals surface area contributed by atoms with E-state index in [9.17, 15) is 4.79 Å². The molecule has 0 unspecified atom stereocenters. The van der Waals surface area contributed by atoms with E-state index in [4.69, 9.17) is 9.47 Å². The highest BCUT2D eigenvalue weighted by Crippen LogP contribution is 2.25. The Morgan fingerprint density at radius 2 is 1.65 bits per heavy atom. The summed E-state index contributed by atoms with van der Waals surface area (Å²) in [6.07, 6.45) is 4.64. The molecule has 4 rings (SSSR count). The first-order valence-corrected chi connectivity index (χ1v) is 12.7. The molecule has 37 heavy (non-hydrogen) atoms. The van der Waals surface area contributed by atoms with Gasteiger partial charge in [0.1, 0.15) is 6.61 Å². The zero-order valence-corrected chi connectivity index (χ0v) is 21.7. The zero-order valence-electron chi connectivity index (χ0n) is 21.7. The summed E-state index contributed by atoms with van der Waals surface area (Å²) in [4.78, 5) is 17.4. The van der Waals surface area contributed by atoms with Gasteiger partial charge in [0.15, 0.2) is 5.82 Å². The molecule has 1 heterocycles. The Hall–Kier alpha value is -3.97. The van der Waals surface area contributed by atoms with Crippen LogP contribution >= 0.6 is 0 Å². The van der Waals surface area contributed by atoms with Crippen LogP contribution in [0.25, 0.3) is 17.1 Å². The van der Waals surface area contributed by atoms with E-state index in [2.05, 4.69) is 22.3 Å². The summed E-state index contributed by atoms with van der Waals surface area (Å²) < 4.78 is 12.5. The van der Waals surface area contributed by atoms with Gasteiger partial charge in [-0.3, -0.25) is 4.79 Å². The van der Waals surface area contributed by atoms with Gasteiger partial charge in [-0.05, 0) is 61.7 Å². The molecule has 1 N–H and O–H groups in total. The Morgan fingerprint density at radius 3 is 2.32 bits per heavy atom. The van der Waals surface area contributed by atoms with Crippen molar-refractivity contribution in [2.24, 2.45) is 0 Å². The summed E-state index contributed by atoms with van der Waals surface area (Å²) in [7, 11) is 1.62. The normalized spacial score (nSPS) is 10.9. The van der Waals surface area contributed by atoms with Crippen molar-refractivity contribution in [2.45, 2.75) is 39.5 Å². The van der Waals surface area contributed by atoms with Gasteiger partial charge in [0.05, 0.1) is 12.3 Å². The minimum Gasteiger partial charge on any atom is -0.460 e. The maximum Gasteiger partial charge on any atom is 0.336 e. The third-order valence-corrected chi connectivity index (χ3v) is 6.07. The molecule has 0 saturated carbocycles. The number of carbonyl (C=O) groups is 1. The Kier molecular flexibility index (Phi) is 9.05. The zero-order chi connectivity index (χ0) is 26.0. The largest absolute Gasteiger partial charge is 0.460 e. The van der Waals surface area contributed by atoms with E-state index in [1.54, 1.807) is 11.8 Å². The van der Waals surface area contributed by atoms with Crippen LogP contribution in [0.1, 0.15) is 47.7 Å². The van der Waals surface area contributed by atoms with Gasteiger partial charge < -0.3 is 14.8 Å². The lowest BCUT2D eigenvalue weighted by Crippen LogP contribution is -2.12. The second-order valence-electron chi connectivity index (χ2n) is 8.99. The van der Waals surface area contributed by atoms with Gasteiger partial charge in [0, 0.05) is 23.9 Å². The maximum absolute atomic E-state index is 12.8. The first kappa shape index (κ1) is 26.1. The van der Waals surface area contributed by atoms with Gasteiger partial charge in [0.2, 0.25) is 0 Å². The second kappa shape index (κ2) is 12.8. The first-order valence-electron chi connectivity index (χ1n) is 12.7. The van der Waals surface area contributed by atoms with Crippen molar-refractivity contribution in [1.82, 2.24) is 14.8 Å². The number of carbonyl (C=O) groups excluding carboxylic acids is 1. The summed E-state index contributed by atoms with van der Waals surface area (Å²) in [6, 6.07) is 23.8. The van der Waals surface area contributed by atoms with Gasteiger partial charge in [-0.2, -0.15) is 4.98 Å². The molecule has 0 bridgehead atoms. The smallest absolute Gasteiger partial charge is 0.336 e. The molecule has 7 nitrogen and oxygen atoms in total. The number of unbranched alkanes of at least 4 members (excludes halogenated alkanes) is 2. The number of rotatable bonds is 12. The average Bonchev–Trinajstić information content (AvgIpc) is 3.34. The van der Waals surface area contributed by atoms with Crippen LogP contribution in [-0.2, 0) is 11.2 Å². The number of aromatic nitrogens is 3. The molecule has 7 heteroatoms. The predicted molar refractivity (Wildman–Crippen MR) is 147 cm³/mol. The minimum absolute atomic E-state index is 0.136. The number of hydrogen-bond acceptors (Lipinski definition) is 5. The van der Waals surface area contributed by atoms with Crippen LogP contribution in [0.15, 0.2) is 72.8 Å². The third-order valence-electron chi connectivity index (χ3n) is 6.07. The topological polar surface area (TPSA) is 78.3 Å². The van der Waals surface area contributed by atoms with E-state index in [-0.39, 0.29) is 11.9 Å². The molecule has 0 atom stereocenters.